The van der Waals surface area contributed by atoms with Crippen molar-refractivity contribution in [2.24, 2.45) is 0 Å². The van der Waals surface area contributed by atoms with E-state index in [4.69, 9.17) is 5.26 Å². The van der Waals surface area contributed by atoms with Crippen molar-refractivity contribution in [2.45, 2.75) is 6.04 Å². The van der Waals surface area contributed by atoms with E-state index >= 15 is 0 Å². The Morgan fingerprint density at radius 1 is 1.12 bits per heavy atom. The summed E-state index contributed by atoms with van der Waals surface area (Å²) in [7, 11) is 0. The number of rotatable bonds is 4. The summed E-state index contributed by atoms with van der Waals surface area (Å²) >= 11 is 1.51. The number of nitriles is 1. The lowest BCUT2D eigenvalue weighted by Gasteiger charge is -2.18. The van der Waals surface area contributed by atoms with Crippen LogP contribution in [0.4, 0.5) is 4.39 Å². The summed E-state index contributed by atoms with van der Waals surface area (Å²) in [6, 6.07) is 18.1. The van der Waals surface area contributed by atoms with Crippen LogP contribution in [-0.4, -0.2) is 5.91 Å². The molecule has 0 aliphatic carbocycles. The first kappa shape index (κ1) is 15.9. The third-order valence-electron chi connectivity index (χ3n) is 3.56. The van der Waals surface area contributed by atoms with Crippen LogP contribution in [0.5, 0.6) is 0 Å². The number of halogens is 1. The Morgan fingerprint density at radius 3 is 2.58 bits per heavy atom. The molecule has 0 aliphatic rings. The third kappa shape index (κ3) is 3.50. The molecule has 1 N–H and O–H groups in total. The number of thiophene rings is 1. The second kappa shape index (κ2) is 7.07. The van der Waals surface area contributed by atoms with Crippen molar-refractivity contribution < 1.29 is 9.18 Å². The van der Waals surface area contributed by atoms with Gasteiger partial charge in [0.1, 0.15) is 5.82 Å². The van der Waals surface area contributed by atoms with Crippen LogP contribution in [0.1, 0.15) is 32.4 Å². The molecule has 0 spiro atoms. The van der Waals surface area contributed by atoms with E-state index in [1.54, 1.807) is 36.4 Å². The lowest BCUT2D eigenvalue weighted by atomic mass is 10.0. The number of carbonyl (C=O) groups excluding carboxylic acids is 1. The predicted molar refractivity (Wildman–Crippen MR) is 91.2 cm³/mol. The van der Waals surface area contributed by atoms with E-state index < -0.39 is 0 Å². The maximum Gasteiger partial charge on any atom is 0.252 e. The molecular formula is C19H13FN2OS. The maximum atomic E-state index is 13.2. The Morgan fingerprint density at radius 2 is 1.92 bits per heavy atom. The SMILES string of the molecule is N#Cc1cccc(C(=O)NC(c2ccc(F)cc2)c2cccs2)c1. The normalized spacial score (nSPS) is 11.5. The Labute approximate surface area is 143 Å². The minimum atomic E-state index is -0.371. The van der Waals surface area contributed by atoms with Gasteiger partial charge in [-0.2, -0.15) is 5.26 Å². The van der Waals surface area contributed by atoms with Gasteiger partial charge in [0.25, 0.3) is 5.91 Å². The van der Waals surface area contributed by atoms with Crippen LogP contribution in [0.3, 0.4) is 0 Å². The van der Waals surface area contributed by atoms with Gasteiger partial charge >= 0.3 is 0 Å². The highest BCUT2D eigenvalue weighted by atomic mass is 32.1. The lowest BCUT2D eigenvalue weighted by molar-refractivity contribution is 0.0943. The molecule has 1 unspecified atom stereocenters. The Kier molecular flexibility index (Phi) is 4.69. The Hall–Kier alpha value is -2.97. The Bertz CT molecular complexity index is 882. The largest absolute Gasteiger partial charge is 0.340 e. The molecule has 1 heterocycles. The molecule has 24 heavy (non-hydrogen) atoms. The fourth-order valence-corrected chi connectivity index (χ4v) is 3.18. The summed E-state index contributed by atoms with van der Waals surface area (Å²) in [6.07, 6.45) is 0. The van der Waals surface area contributed by atoms with Crippen molar-refractivity contribution >= 4 is 17.2 Å². The van der Waals surface area contributed by atoms with Crippen LogP contribution < -0.4 is 5.32 Å². The second-order valence-corrected chi connectivity index (χ2v) is 6.15. The smallest absolute Gasteiger partial charge is 0.252 e. The van der Waals surface area contributed by atoms with Crippen LogP contribution in [0.2, 0.25) is 0 Å². The number of carbonyl (C=O) groups is 1. The molecule has 1 amide bonds. The van der Waals surface area contributed by atoms with Gasteiger partial charge in [0, 0.05) is 10.4 Å². The highest BCUT2D eigenvalue weighted by molar-refractivity contribution is 7.10. The monoisotopic (exact) mass is 336 g/mol. The quantitative estimate of drug-likeness (QED) is 0.773. The standard InChI is InChI=1S/C19H13FN2OS/c20-16-8-6-14(7-9-16)18(17-5-2-10-24-17)22-19(23)15-4-1-3-13(11-15)12-21/h1-11,18H,(H,22,23). The third-order valence-corrected chi connectivity index (χ3v) is 4.50. The van der Waals surface area contributed by atoms with Crippen molar-refractivity contribution in [1.82, 2.24) is 5.32 Å². The number of benzene rings is 2. The van der Waals surface area contributed by atoms with Crippen LogP contribution in [0, 0.1) is 17.1 Å². The molecule has 5 heteroatoms. The fraction of sp³-hybridized carbons (Fsp3) is 0.0526. The molecular weight excluding hydrogens is 323 g/mol. The minimum Gasteiger partial charge on any atom is -0.340 e. The predicted octanol–water partition coefficient (Wildman–Crippen LogP) is 4.28. The van der Waals surface area contributed by atoms with Crippen LogP contribution in [-0.2, 0) is 0 Å². The zero-order valence-corrected chi connectivity index (χ0v) is 13.4. The molecule has 118 valence electrons. The highest BCUT2D eigenvalue weighted by Crippen LogP contribution is 2.26. The Balaban J connectivity index is 1.91. The summed E-state index contributed by atoms with van der Waals surface area (Å²) in [6.45, 7) is 0. The van der Waals surface area contributed by atoms with Crippen molar-refractivity contribution in [1.29, 1.82) is 5.26 Å². The number of nitrogens with one attached hydrogen (secondary N) is 1. The summed E-state index contributed by atoms with van der Waals surface area (Å²) in [4.78, 5) is 13.5. The van der Waals surface area contributed by atoms with E-state index in [-0.39, 0.29) is 17.8 Å². The molecule has 0 saturated heterocycles. The zero-order valence-electron chi connectivity index (χ0n) is 12.6. The molecule has 1 aromatic heterocycles. The van der Waals surface area contributed by atoms with E-state index in [1.807, 2.05) is 23.6 Å². The molecule has 3 rings (SSSR count). The maximum absolute atomic E-state index is 13.2. The summed E-state index contributed by atoms with van der Waals surface area (Å²) < 4.78 is 13.2. The molecule has 3 aromatic rings. The van der Waals surface area contributed by atoms with E-state index in [1.165, 1.54) is 23.5 Å². The van der Waals surface area contributed by atoms with Crippen molar-refractivity contribution in [3.8, 4) is 6.07 Å². The topological polar surface area (TPSA) is 52.9 Å². The van der Waals surface area contributed by atoms with Crippen molar-refractivity contribution in [2.75, 3.05) is 0 Å². The van der Waals surface area contributed by atoms with E-state index in [9.17, 15) is 9.18 Å². The fourth-order valence-electron chi connectivity index (χ4n) is 2.37. The van der Waals surface area contributed by atoms with Crippen molar-refractivity contribution in [3.05, 3.63) is 93.4 Å². The summed E-state index contributed by atoms with van der Waals surface area (Å²) in [5, 5.41) is 13.9. The van der Waals surface area contributed by atoms with Gasteiger partial charge in [-0.3, -0.25) is 4.79 Å². The summed E-state index contributed by atoms with van der Waals surface area (Å²) in [5.41, 5.74) is 1.64. The minimum absolute atomic E-state index is 0.283. The molecule has 3 nitrogen and oxygen atoms in total. The first-order valence-corrected chi connectivity index (χ1v) is 8.15. The van der Waals surface area contributed by atoms with Gasteiger partial charge in [-0.05, 0) is 47.3 Å². The van der Waals surface area contributed by atoms with Gasteiger partial charge in [0.05, 0.1) is 17.7 Å². The second-order valence-electron chi connectivity index (χ2n) is 5.17. The van der Waals surface area contributed by atoms with E-state index in [0.717, 1.165) is 10.4 Å². The number of hydrogen-bond donors (Lipinski definition) is 1. The first-order valence-electron chi connectivity index (χ1n) is 7.27. The van der Waals surface area contributed by atoms with Gasteiger partial charge in [-0.1, -0.05) is 24.3 Å². The van der Waals surface area contributed by atoms with E-state index in [0.29, 0.717) is 11.1 Å². The zero-order chi connectivity index (χ0) is 16.9. The van der Waals surface area contributed by atoms with Gasteiger partial charge in [0.15, 0.2) is 0 Å². The average Bonchev–Trinajstić information content (AvgIpc) is 3.15. The van der Waals surface area contributed by atoms with Crippen LogP contribution >= 0.6 is 11.3 Å². The van der Waals surface area contributed by atoms with Gasteiger partial charge in [-0.25, -0.2) is 4.39 Å². The van der Waals surface area contributed by atoms with Gasteiger partial charge < -0.3 is 5.32 Å². The van der Waals surface area contributed by atoms with Gasteiger partial charge in [0.2, 0.25) is 0 Å². The molecule has 0 bridgehead atoms. The molecule has 0 aliphatic heterocycles. The summed E-state index contributed by atoms with van der Waals surface area (Å²) in [5.74, 6) is -0.605. The number of hydrogen-bond acceptors (Lipinski definition) is 3. The van der Waals surface area contributed by atoms with Crippen LogP contribution in [0.15, 0.2) is 66.0 Å². The van der Waals surface area contributed by atoms with Gasteiger partial charge in [-0.15, -0.1) is 11.3 Å². The first-order chi connectivity index (χ1) is 11.7. The molecule has 0 radical (unpaired) electrons. The highest BCUT2D eigenvalue weighted by Gasteiger charge is 2.19. The molecule has 2 aromatic carbocycles. The van der Waals surface area contributed by atoms with Crippen molar-refractivity contribution in [3.63, 3.8) is 0 Å². The lowest BCUT2D eigenvalue weighted by Crippen LogP contribution is -2.28. The molecule has 0 saturated carbocycles. The molecule has 0 fully saturated rings. The molecule has 1 atom stereocenters. The van der Waals surface area contributed by atoms with E-state index in [2.05, 4.69) is 5.32 Å². The average molecular weight is 336 g/mol. The number of nitrogens with zero attached hydrogens (tertiary/aromatic N) is 1. The van der Waals surface area contributed by atoms with Crippen LogP contribution in [0.25, 0.3) is 0 Å². The number of amides is 1.